The van der Waals surface area contributed by atoms with Crippen LogP contribution in [0.5, 0.6) is 0 Å². The van der Waals surface area contributed by atoms with Gasteiger partial charge in [0, 0.05) is 10.9 Å². The van der Waals surface area contributed by atoms with Crippen molar-refractivity contribution < 1.29 is 0 Å². The normalized spacial score (nSPS) is 12.8. The highest BCUT2D eigenvalue weighted by atomic mass is 32.1. The van der Waals surface area contributed by atoms with Crippen molar-refractivity contribution in [3.05, 3.63) is 46.3 Å². The van der Waals surface area contributed by atoms with Crippen LogP contribution in [0.15, 0.2) is 29.6 Å². The standard InChI is InChI=1S/C14H17NS/c1-9-4-5-13(10(2)6-9)14-7-12(8-16-14)11(3)15/h4-8,11H,15H2,1-3H3. The van der Waals surface area contributed by atoms with Crippen LogP contribution in [0.25, 0.3) is 10.4 Å². The SMILES string of the molecule is Cc1ccc(-c2cc(C(C)N)cs2)c(C)c1. The van der Waals surface area contributed by atoms with Gasteiger partial charge in [-0.05, 0) is 48.9 Å². The molecule has 1 unspecified atom stereocenters. The van der Waals surface area contributed by atoms with Crippen molar-refractivity contribution in [2.75, 3.05) is 0 Å². The zero-order valence-electron chi connectivity index (χ0n) is 9.95. The average Bonchev–Trinajstić information content (AvgIpc) is 2.66. The van der Waals surface area contributed by atoms with Crippen molar-refractivity contribution in [1.82, 2.24) is 0 Å². The molecular weight excluding hydrogens is 214 g/mol. The molecule has 0 radical (unpaired) electrons. The van der Waals surface area contributed by atoms with Gasteiger partial charge < -0.3 is 5.73 Å². The molecule has 0 fully saturated rings. The van der Waals surface area contributed by atoms with E-state index in [-0.39, 0.29) is 6.04 Å². The lowest BCUT2D eigenvalue weighted by Gasteiger charge is -2.04. The molecule has 0 spiro atoms. The maximum atomic E-state index is 5.87. The Labute approximate surface area is 101 Å². The van der Waals surface area contributed by atoms with Gasteiger partial charge in [-0.25, -0.2) is 0 Å². The summed E-state index contributed by atoms with van der Waals surface area (Å²) in [6, 6.07) is 8.90. The highest BCUT2D eigenvalue weighted by Gasteiger charge is 2.07. The quantitative estimate of drug-likeness (QED) is 0.829. The summed E-state index contributed by atoms with van der Waals surface area (Å²) in [5.41, 5.74) is 11.1. The Morgan fingerprint density at radius 3 is 2.50 bits per heavy atom. The average molecular weight is 231 g/mol. The molecule has 1 aromatic carbocycles. The van der Waals surface area contributed by atoms with Crippen molar-refractivity contribution in [2.24, 2.45) is 5.73 Å². The summed E-state index contributed by atoms with van der Waals surface area (Å²) in [5, 5.41) is 2.15. The Hall–Kier alpha value is -1.12. The van der Waals surface area contributed by atoms with E-state index in [2.05, 4.69) is 43.5 Å². The van der Waals surface area contributed by atoms with Crippen LogP contribution in [0.4, 0.5) is 0 Å². The Bertz CT molecular complexity index is 497. The van der Waals surface area contributed by atoms with E-state index in [0.29, 0.717) is 0 Å². The third kappa shape index (κ3) is 2.18. The van der Waals surface area contributed by atoms with Gasteiger partial charge in [0.05, 0.1) is 0 Å². The first-order chi connectivity index (χ1) is 7.58. The number of thiophene rings is 1. The largest absolute Gasteiger partial charge is 0.324 e. The van der Waals surface area contributed by atoms with Crippen molar-refractivity contribution >= 4 is 11.3 Å². The van der Waals surface area contributed by atoms with Gasteiger partial charge in [-0.15, -0.1) is 11.3 Å². The van der Waals surface area contributed by atoms with E-state index in [4.69, 9.17) is 5.73 Å². The first kappa shape index (κ1) is 11.4. The van der Waals surface area contributed by atoms with E-state index >= 15 is 0 Å². The summed E-state index contributed by atoms with van der Waals surface area (Å²) in [4.78, 5) is 1.31. The number of rotatable bonds is 2. The van der Waals surface area contributed by atoms with Crippen LogP contribution in [0.2, 0.25) is 0 Å². The molecule has 2 rings (SSSR count). The van der Waals surface area contributed by atoms with Gasteiger partial charge in [-0.1, -0.05) is 23.8 Å². The maximum Gasteiger partial charge on any atom is 0.0348 e. The lowest BCUT2D eigenvalue weighted by Crippen LogP contribution is -2.02. The smallest absolute Gasteiger partial charge is 0.0348 e. The summed E-state index contributed by atoms with van der Waals surface area (Å²) >= 11 is 1.77. The number of benzene rings is 1. The molecule has 84 valence electrons. The molecule has 0 bridgehead atoms. The number of aryl methyl sites for hydroxylation is 2. The van der Waals surface area contributed by atoms with Crippen molar-refractivity contribution in [2.45, 2.75) is 26.8 Å². The third-order valence-corrected chi connectivity index (χ3v) is 3.77. The molecule has 16 heavy (non-hydrogen) atoms. The molecule has 2 N–H and O–H groups in total. The molecule has 0 saturated heterocycles. The first-order valence-electron chi connectivity index (χ1n) is 5.49. The van der Waals surface area contributed by atoms with Crippen LogP contribution < -0.4 is 5.73 Å². The number of nitrogens with two attached hydrogens (primary N) is 1. The molecule has 2 heteroatoms. The monoisotopic (exact) mass is 231 g/mol. The Morgan fingerprint density at radius 1 is 1.19 bits per heavy atom. The van der Waals surface area contributed by atoms with E-state index in [1.807, 2.05) is 6.92 Å². The highest BCUT2D eigenvalue weighted by molar-refractivity contribution is 7.13. The highest BCUT2D eigenvalue weighted by Crippen LogP contribution is 2.31. The molecule has 0 aliphatic carbocycles. The first-order valence-corrected chi connectivity index (χ1v) is 6.37. The minimum Gasteiger partial charge on any atom is -0.324 e. The fourth-order valence-corrected chi connectivity index (χ4v) is 2.93. The summed E-state index contributed by atoms with van der Waals surface area (Å²) in [7, 11) is 0. The van der Waals surface area contributed by atoms with E-state index in [9.17, 15) is 0 Å². The van der Waals surface area contributed by atoms with Gasteiger partial charge in [-0.2, -0.15) is 0 Å². The zero-order valence-corrected chi connectivity index (χ0v) is 10.8. The lowest BCUT2D eigenvalue weighted by molar-refractivity contribution is 0.823. The topological polar surface area (TPSA) is 26.0 Å². The summed E-state index contributed by atoms with van der Waals surface area (Å²) < 4.78 is 0. The van der Waals surface area contributed by atoms with E-state index in [1.54, 1.807) is 11.3 Å². The zero-order chi connectivity index (χ0) is 11.7. The Morgan fingerprint density at radius 2 is 1.94 bits per heavy atom. The molecular formula is C14H17NS. The second-order valence-electron chi connectivity index (χ2n) is 4.35. The third-order valence-electron chi connectivity index (χ3n) is 2.79. The fourth-order valence-electron chi connectivity index (χ4n) is 1.82. The molecule has 1 nitrogen and oxygen atoms in total. The van der Waals surface area contributed by atoms with Crippen LogP contribution >= 0.6 is 11.3 Å². The second kappa shape index (κ2) is 4.40. The van der Waals surface area contributed by atoms with Crippen LogP contribution in [-0.4, -0.2) is 0 Å². The second-order valence-corrected chi connectivity index (χ2v) is 5.26. The maximum absolute atomic E-state index is 5.87. The molecule has 1 heterocycles. The number of hydrogen-bond donors (Lipinski definition) is 1. The lowest BCUT2D eigenvalue weighted by atomic mass is 10.0. The van der Waals surface area contributed by atoms with Crippen LogP contribution in [0.3, 0.4) is 0 Å². The Balaban J connectivity index is 2.42. The summed E-state index contributed by atoms with van der Waals surface area (Å²) in [6.45, 7) is 6.31. The van der Waals surface area contributed by atoms with Crippen LogP contribution in [0, 0.1) is 13.8 Å². The molecule has 0 amide bonds. The number of hydrogen-bond acceptors (Lipinski definition) is 2. The van der Waals surface area contributed by atoms with E-state index in [0.717, 1.165) is 0 Å². The van der Waals surface area contributed by atoms with E-state index in [1.165, 1.54) is 27.1 Å². The summed E-state index contributed by atoms with van der Waals surface area (Å²) in [6.07, 6.45) is 0. The molecule has 2 aromatic rings. The Kier molecular flexibility index (Phi) is 3.13. The van der Waals surface area contributed by atoms with Gasteiger partial charge in [0.2, 0.25) is 0 Å². The molecule has 1 atom stereocenters. The van der Waals surface area contributed by atoms with Crippen molar-refractivity contribution in [1.29, 1.82) is 0 Å². The van der Waals surface area contributed by atoms with Crippen LogP contribution in [-0.2, 0) is 0 Å². The molecule has 0 saturated carbocycles. The summed E-state index contributed by atoms with van der Waals surface area (Å²) in [5.74, 6) is 0. The van der Waals surface area contributed by atoms with Gasteiger partial charge in [0.25, 0.3) is 0 Å². The van der Waals surface area contributed by atoms with Crippen molar-refractivity contribution in [3.8, 4) is 10.4 Å². The van der Waals surface area contributed by atoms with Gasteiger partial charge in [0.1, 0.15) is 0 Å². The molecule has 1 aromatic heterocycles. The van der Waals surface area contributed by atoms with Crippen molar-refractivity contribution in [3.63, 3.8) is 0 Å². The minimum absolute atomic E-state index is 0.121. The molecule has 0 aliphatic rings. The predicted molar refractivity (Wildman–Crippen MR) is 71.8 cm³/mol. The predicted octanol–water partition coefficient (Wildman–Crippen LogP) is 4.05. The molecule has 0 aliphatic heterocycles. The fraction of sp³-hybridized carbons (Fsp3) is 0.286. The van der Waals surface area contributed by atoms with Gasteiger partial charge in [0.15, 0.2) is 0 Å². The minimum atomic E-state index is 0.121. The van der Waals surface area contributed by atoms with Gasteiger partial charge in [-0.3, -0.25) is 0 Å². The van der Waals surface area contributed by atoms with Crippen LogP contribution in [0.1, 0.15) is 29.7 Å². The van der Waals surface area contributed by atoms with Gasteiger partial charge >= 0.3 is 0 Å². The van der Waals surface area contributed by atoms with E-state index < -0.39 is 0 Å².